The van der Waals surface area contributed by atoms with Crippen molar-refractivity contribution in [2.75, 3.05) is 13.1 Å². The summed E-state index contributed by atoms with van der Waals surface area (Å²) in [5.74, 6) is -1.86. The minimum atomic E-state index is -0.718. The van der Waals surface area contributed by atoms with Gasteiger partial charge in [-0.25, -0.2) is 0 Å². The maximum absolute atomic E-state index is 12.4. The predicted octanol–water partition coefficient (Wildman–Crippen LogP) is 2.30. The normalized spacial score (nSPS) is 13.0. The second kappa shape index (κ2) is 7.19. The topological polar surface area (TPSA) is 123 Å². The lowest BCUT2D eigenvalue weighted by Crippen LogP contribution is -2.40. The number of nitrogens with one attached hydrogen (secondary N) is 1. The van der Waals surface area contributed by atoms with E-state index < -0.39 is 29.2 Å². The Balaban J connectivity index is 1.38. The van der Waals surface area contributed by atoms with E-state index in [1.165, 1.54) is 6.07 Å². The van der Waals surface area contributed by atoms with Crippen molar-refractivity contribution < 1.29 is 23.7 Å². The summed E-state index contributed by atoms with van der Waals surface area (Å²) in [7, 11) is 0. The third kappa shape index (κ3) is 3.33. The number of imide groups is 1. The van der Waals surface area contributed by atoms with Gasteiger partial charge in [-0.15, -0.1) is 0 Å². The summed E-state index contributed by atoms with van der Waals surface area (Å²) in [6, 6.07) is 11.0. The Kier molecular flexibility index (Phi) is 4.55. The van der Waals surface area contributed by atoms with Crippen LogP contribution in [0.1, 0.15) is 26.3 Å². The van der Waals surface area contributed by atoms with Gasteiger partial charge in [-0.3, -0.25) is 29.4 Å². The molecule has 0 saturated heterocycles. The lowest BCUT2D eigenvalue weighted by molar-refractivity contribution is -0.384. The summed E-state index contributed by atoms with van der Waals surface area (Å²) in [5, 5.41) is 14.5. The van der Waals surface area contributed by atoms with Crippen molar-refractivity contribution >= 4 is 34.4 Å². The molecule has 2 aromatic carbocycles. The molecular weight excluding hydrogens is 378 g/mol. The molecule has 3 amide bonds. The van der Waals surface area contributed by atoms with Crippen LogP contribution in [-0.4, -0.2) is 40.6 Å². The van der Waals surface area contributed by atoms with Crippen molar-refractivity contribution in [1.29, 1.82) is 0 Å². The van der Waals surface area contributed by atoms with Crippen LogP contribution in [0.15, 0.2) is 53.1 Å². The number of carbonyl (C=O) groups is 3. The van der Waals surface area contributed by atoms with E-state index in [9.17, 15) is 24.5 Å². The van der Waals surface area contributed by atoms with Gasteiger partial charge in [0.2, 0.25) is 5.91 Å². The summed E-state index contributed by atoms with van der Waals surface area (Å²) in [4.78, 5) is 48.0. The predicted molar refractivity (Wildman–Crippen MR) is 101 cm³/mol. The highest BCUT2D eigenvalue weighted by Gasteiger charge is 2.37. The highest BCUT2D eigenvalue weighted by Crippen LogP contribution is 2.26. The van der Waals surface area contributed by atoms with E-state index in [0.29, 0.717) is 13.0 Å². The number of nitro benzene ring substituents is 1. The fourth-order valence-corrected chi connectivity index (χ4v) is 3.30. The zero-order chi connectivity index (χ0) is 20.5. The molecule has 29 heavy (non-hydrogen) atoms. The van der Waals surface area contributed by atoms with Crippen LogP contribution in [0.2, 0.25) is 0 Å². The number of para-hydroxylation sites is 1. The molecule has 0 spiro atoms. The molecule has 1 aliphatic rings. The van der Waals surface area contributed by atoms with E-state index >= 15 is 0 Å². The summed E-state index contributed by atoms with van der Waals surface area (Å²) in [6.07, 6.45) is 2.16. The minimum absolute atomic E-state index is 0.0540. The zero-order valence-corrected chi connectivity index (χ0v) is 15.1. The Morgan fingerprint density at radius 3 is 2.66 bits per heavy atom. The smallest absolute Gasteiger partial charge is 0.270 e. The fraction of sp³-hybridized carbons (Fsp3) is 0.150. The maximum Gasteiger partial charge on any atom is 0.270 e. The Morgan fingerprint density at radius 1 is 1.10 bits per heavy atom. The number of rotatable bonds is 6. The minimum Gasteiger partial charge on any atom is -0.464 e. The molecule has 0 aliphatic carbocycles. The van der Waals surface area contributed by atoms with Crippen LogP contribution >= 0.6 is 0 Å². The second-order valence-electron chi connectivity index (χ2n) is 6.54. The van der Waals surface area contributed by atoms with Gasteiger partial charge >= 0.3 is 0 Å². The Hall–Kier alpha value is -4.01. The van der Waals surface area contributed by atoms with Crippen molar-refractivity contribution in [2.45, 2.75) is 6.42 Å². The molecule has 146 valence electrons. The quantitative estimate of drug-likeness (QED) is 0.389. The van der Waals surface area contributed by atoms with Crippen LogP contribution in [0.4, 0.5) is 5.69 Å². The van der Waals surface area contributed by atoms with Gasteiger partial charge in [-0.1, -0.05) is 18.2 Å². The lowest BCUT2D eigenvalue weighted by Gasteiger charge is -2.13. The first-order valence-electron chi connectivity index (χ1n) is 8.82. The van der Waals surface area contributed by atoms with E-state index in [0.717, 1.165) is 33.6 Å². The van der Waals surface area contributed by atoms with Gasteiger partial charge in [-0.05, 0) is 24.1 Å². The molecule has 0 fully saturated rings. The highest BCUT2D eigenvalue weighted by atomic mass is 16.6. The van der Waals surface area contributed by atoms with E-state index in [1.807, 2.05) is 24.3 Å². The van der Waals surface area contributed by atoms with Gasteiger partial charge in [0.05, 0.1) is 22.3 Å². The molecule has 0 bridgehead atoms. The SMILES string of the molecule is O=C(CN1C(=O)c2ccc([N+](=O)[O-])cc2C1=O)NCCc1coc2ccccc12. The number of amides is 3. The molecular formula is C20H15N3O6. The van der Waals surface area contributed by atoms with Crippen LogP contribution in [0.25, 0.3) is 11.0 Å². The third-order valence-electron chi connectivity index (χ3n) is 4.74. The van der Waals surface area contributed by atoms with Crippen LogP contribution in [0, 0.1) is 10.1 Å². The van der Waals surface area contributed by atoms with Crippen molar-refractivity contribution in [2.24, 2.45) is 0 Å². The first kappa shape index (κ1) is 18.4. The first-order chi connectivity index (χ1) is 14.0. The van der Waals surface area contributed by atoms with Crippen LogP contribution in [0.3, 0.4) is 0 Å². The van der Waals surface area contributed by atoms with Gasteiger partial charge in [0, 0.05) is 24.1 Å². The molecule has 3 aromatic rings. The average Bonchev–Trinajstić information content (AvgIpc) is 3.23. The molecule has 0 saturated carbocycles. The number of non-ortho nitro benzene ring substituents is 1. The third-order valence-corrected chi connectivity index (χ3v) is 4.74. The van der Waals surface area contributed by atoms with Crippen molar-refractivity contribution in [1.82, 2.24) is 10.2 Å². The summed E-state index contributed by atoms with van der Waals surface area (Å²) in [5.41, 5.74) is 1.39. The maximum atomic E-state index is 12.4. The molecule has 1 N–H and O–H groups in total. The van der Waals surface area contributed by atoms with Crippen molar-refractivity contribution in [3.8, 4) is 0 Å². The molecule has 0 radical (unpaired) electrons. The van der Waals surface area contributed by atoms with E-state index in [-0.39, 0.29) is 16.8 Å². The first-order valence-corrected chi connectivity index (χ1v) is 8.82. The molecule has 1 aromatic heterocycles. The number of nitrogens with zero attached hydrogens (tertiary/aromatic N) is 2. The number of benzene rings is 2. The van der Waals surface area contributed by atoms with Crippen LogP contribution in [-0.2, 0) is 11.2 Å². The molecule has 1 aliphatic heterocycles. The number of furan rings is 1. The standard InChI is InChI=1S/C20H15N3O6/c24-18(21-8-7-12-11-29-17-4-2-1-3-14(12)17)10-22-19(25)15-6-5-13(23(27)28)9-16(15)20(22)26/h1-6,9,11H,7-8,10H2,(H,21,24). The number of carbonyl (C=O) groups excluding carboxylic acids is 3. The molecule has 4 rings (SSSR count). The molecule has 0 atom stereocenters. The fourth-order valence-electron chi connectivity index (χ4n) is 3.30. The average molecular weight is 393 g/mol. The molecule has 0 unspecified atom stereocenters. The van der Waals surface area contributed by atoms with Gasteiger partial charge in [0.1, 0.15) is 12.1 Å². The monoisotopic (exact) mass is 393 g/mol. The number of fused-ring (bicyclic) bond motifs is 2. The summed E-state index contributed by atoms with van der Waals surface area (Å²) in [6.45, 7) is -0.150. The number of hydrogen-bond acceptors (Lipinski definition) is 6. The van der Waals surface area contributed by atoms with Gasteiger partial charge in [0.15, 0.2) is 0 Å². The Bertz CT molecular complexity index is 1170. The number of hydrogen-bond donors (Lipinski definition) is 1. The lowest BCUT2D eigenvalue weighted by atomic mass is 10.1. The van der Waals surface area contributed by atoms with Gasteiger partial charge in [-0.2, -0.15) is 0 Å². The molecule has 9 heteroatoms. The van der Waals surface area contributed by atoms with Crippen molar-refractivity contribution in [3.63, 3.8) is 0 Å². The van der Waals surface area contributed by atoms with E-state index in [1.54, 1.807) is 6.26 Å². The van der Waals surface area contributed by atoms with Crippen LogP contribution < -0.4 is 5.32 Å². The van der Waals surface area contributed by atoms with Crippen molar-refractivity contribution in [3.05, 3.63) is 75.5 Å². The van der Waals surface area contributed by atoms with E-state index in [4.69, 9.17) is 4.42 Å². The number of nitro groups is 1. The van der Waals surface area contributed by atoms with E-state index in [2.05, 4.69) is 5.32 Å². The Labute approximate surface area is 164 Å². The largest absolute Gasteiger partial charge is 0.464 e. The summed E-state index contributed by atoms with van der Waals surface area (Å²) < 4.78 is 5.45. The van der Waals surface area contributed by atoms with Crippen LogP contribution in [0.5, 0.6) is 0 Å². The second-order valence-corrected chi connectivity index (χ2v) is 6.54. The highest BCUT2D eigenvalue weighted by molar-refractivity contribution is 6.22. The zero-order valence-electron chi connectivity index (χ0n) is 15.1. The van der Waals surface area contributed by atoms with Gasteiger partial charge in [0.25, 0.3) is 17.5 Å². The summed E-state index contributed by atoms with van der Waals surface area (Å²) >= 11 is 0. The van der Waals surface area contributed by atoms with Gasteiger partial charge < -0.3 is 9.73 Å². The molecule has 9 nitrogen and oxygen atoms in total. The Morgan fingerprint density at radius 2 is 1.86 bits per heavy atom. The molecule has 2 heterocycles.